The van der Waals surface area contributed by atoms with Crippen molar-refractivity contribution in [2.45, 2.75) is 65.2 Å². The Morgan fingerprint density at radius 1 is 1.07 bits per heavy atom. The number of aliphatic imine (C=N–C) groups is 1. The van der Waals surface area contributed by atoms with E-state index in [0.29, 0.717) is 11.3 Å². The minimum absolute atomic E-state index is 0.338. The molecule has 0 amide bonds. The molecule has 1 aliphatic carbocycles. The quantitative estimate of drug-likeness (QED) is 0.283. The average molecular weight is 398 g/mol. The molecule has 0 aromatic rings. The number of hydrogen-bond donors (Lipinski definition) is 2. The zero-order chi connectivity index (χ0) is 19.9. The molecule has 2 N–H and O–H groups in total. The predicted octanol–water partition coefficient (Wildman–Crippen LogP) is 3.36. The summed E-state index contributed by atoms with van der Waals surface area (Å²) in [4.78, 5) is 4.92. The van der Waals surface area contributed by atoms with Gasteiger partial charge >= 0.3 is 0 Å². The Morgan fingerprint density at radius 3 is 2.57 bits per heavy atom. The van der Waals surface area contributed by atoms with Crippen LogP contribution in [0.1, 0.15) is 65.2 Å². The maximum absolute atomic E-state index is 5.86. The Balaban J connectivity index is 1.65. The summed E-state index contributed by atoms with van der Waals surface area (Å²) in [7, 11) is 0. The van der Waals surface area contributed by atoms with Gasteiger partial charge in [-0.3, -0.25) is 4.99 Å². The summed E-state index contributed by atoms with van der Waals surface area (Å²) < 4.78 is 16.9. The minimum atomic E-state index is 0.338. The maximum atomic E-state index is 5.86. The molecule has 0 aromatic carbocycles. The van der Waals surface area contributed by atoms with Gasteiger partial charge in [0.05, 0.1) is 0 Å². The van der Waals surface area contributed by atoms with Crippen LogP contribution in [0.5, 0.6) is 0 Å². The topological polar surface area (TPSA) is 64.1 Å². The highest BCUT2D eigenvalue weighted by Gasteiger charge is 2.33. The first-order chi connectivity index (χ1) is 13.8. The fraction of sp³-hybridized carbons (Fsp3) is 0.955. The fourth-order valence-corrected chi connectivity index (χ4v) is 4.18. The summed E-state index contributed by atoms with van der Waals surface area (Å²) in [5, 5.41) is 6.86. The highest BCUT2D eigenvalue weighted by atomic mass is 16.5. The second-order valence-electron chi connectivity index (χ2n) is 8.26. The van der Waals surface area contributed by atoms with Crippen molar-refractivity contribution in [3.05, 3.63) is 0 Å². The van der Waals surface area contributed by atoms with E-state index in [4.69, 9.17) is 19.2 Å². The van der Waals surface area contributed by atoms with E-state index in [1.54, 1.807) is 0 Å². The summed E-state index contributed by atoms with van der Waals surface area (Å²) in [5.41, 5.74) is 0.338. The third-order valence-corrected chi connectivity index (χ3v) is 6.01. The zero-order valence-corrected chi connectivity index (χ0v) is 18.3. The standard InChI is InChI=1S/C22H43N3O3/c1-3-23-21(24-13-7-14-28-18-20-8-15-27-16-9-20)25-19-22(10-5-6-11-22)12-17-26-4-2/h20H,3-19H2,1-2H3,(H2,23,24,25). The molecule has 1 aliphatic heterocycles. The molecule has 28 heavy (non-hydrogen) atoms. The van der Waals surface area contributed by atoms with Crippen LogP contribution in [0.4, 0.5) is 0 Å². The first-order valence-corrected chi connectivity index (χ1v) is 11.5. The molecule has 2 fully saturated rings. The lowest BCUT2D eigenvalue weighted by Gasteiger charge is -2.27. The van der Waals surface area contributed by atoms with Gasteiger partial charge in [0.25, 0.3) is 0 Å². The number of nitrogens with zero attached hydrogens (tertiary/aromatic N) is 1. The summed E-state index contributed by atoms with van der Waals surface area (Å²) in [6.07, 6.45) is 9.63. The Kier molecular flexibility index (Phi) is 11.9. The predicted molar refractivity (Wildman–Crippen MR) is 115 cm³/mol. The molecule has 6 nitrogen and oxygen atoms in total. The molecule has 1 saturated carbocycles. The van der Waals surface area contributed by atoms with E-state index in [0.717, 1.165) is 90.9 Å². The van der Waals surface area contributed by atoms with Gasteiger partial charge in [-0.1, -0.05) is 12.8 Å². The Hall–Kier alpha value is -0.850. The van der Waals surface area contributed by atoms with Crippen molar-refractivity contribution in [1.29, 1.82) is 0 Å². The normalized spacial score (nSPS) is 20.4. The molecule has 1 saturated heterocycles. The minimum Gasteiger partial charge on any atom is -0.382 e. The number of rotatable bonds is 13. The SMILES string of the molecule is CCNC(=NCC1(CCOCC)CCCC1)NCCCOCC1CCOCC1. The highest BCUT2D eigenvalue weighted by Crippen LogP contribution is 2.41. The van der Waals surface area contributed by atoms with Crippen molar-refractivity contribution < 1.29 is 14.2 Å². The summed E-state index contributed by atoms with van der Waals surface area (Å²) in [6.45, 7) is 12.0. The number of ether oxygens (including phenoxy) is 3. The molecular weight excluding hydrogens is 354 g/mol. The molecule has 2 aliphatic rings. The molecule has 2 rings (SSSR count). The van der Waals surface area contributed by atoms with E-state index in [2.05, 4.69) is 24.5 Å². The molecule has 164 valence electrons. The smallest absolute Gasteiger partial charge is 0.191 e. The Morgan fingerprint density at radius 2 is 1.86 bits per heavy atom. The van der Waals surface area contributed by atoms with Crippen LogP contribution in [-0.2, 0) is 14.2 Å². The molecule has 0 unspecified atom stereocenters. The molecular formula is C22H43N3O3. The largest absolute Gasteiger partial charge is 0.382 e. The van der Waals surface area contributed by atoms with Crippen LogP contribution >= 0.6 is 0 Å². The van der Waals surface area contributed by atoms with Crippen LogP contribution in [0.15, 0.2) is 4.99 Å². The molecule has 0 spiro atoms. The average Bonchev–Trinajstić information content (AvgIpc) is 3.19. The van der Waals surface area contributed by atoms with Crippen LogP contribution in [0.25, 0.3) is 0 Å². The first-order valence-electron chi connectivity index (χ1n) is 11.5. The van der Waals surface area contributed by atoms with E-state index in [9.17, 15) is 0 Å². The van der Waals surface area contributed by atoms with E-state index in [1.165, 1.54) is 25.7 Å². The second-order valence-corrected chi connectivity index (χ2v) is 8.26. The molecule has 0 radical (unpaired) electrons. The Labute approximate surface area is 172 Å². The third kappa shape index (κ3) is 9.10. The summed E-state index contributed by atoms with van der Waals surface area (Å²) in [6, 6.07) is 0. The van der Waals surface area contributed by atoms with Gasteiger partial charge in [0.15, 0.2) is 5.96 Å². The van der Waals surface area contributed by atoms with Crippen molar-refractivity contribution in [2.75, 3.05) is 59.3 Å². The Bertz CT molecular complexity index is 419. The lowest BCUT2D eigenvalue weighted by molar-refractivity contribution is 0.0203. The van der Waals surface area contributed by atoms with Crippen LogP contribution < -0.4 is 10.6 Å². The first kappa shape index (κ1) is 23.4. The number of guanidine groups is 1. The number of nitrogens with one attached hydrogen (secondary N) is 2. The maximum Gasteiger partial charge on any atom is 0.191 e. The monoisotopic (exact) mass is 397 g/mol. The van der Waals surface area contributed by atoms with Gasteiger partial charge in [0.1, 0.15) is 0 Å². The van der Waals surface area contributed by atoms with Crippen LogP contribution in [0.3, 0.4) is 0 Å². The van der Waals surface area contributed by atoms with Crippen molar-refractivity contribution in [3.63, 3.8) is 0 Å². The van der Waals surface area contributed by atoms with Crippen molar-refractivity contribution in [3.8, 4) is 0 Å². The van der Waals surface area contributed by atoms with Gasteiger partial charge in [0.2, 0.25) is 0 Å². The molecule has 0 bridgehead atoms. The third-order valence-electron chi connectivity index (χ3n) is 6.01. The molecule has 6 heteroatoms. The van der Waals surface area contributed by atoms with Gasteiger partial charge in [-0.05, 0) is 63.7 Å². The van der Waals surface area contributed by atoms with Gasteiger partial charge < -0.3 is 24.8 Å². The van der Waals surface area contributed by atoms with Crippen molar-refractivity contribution >= 4 is 5.96 Å². The van der Waals surface area contributed by atoms with E-state index in [-0.39, 0.29) is 0 Å². The summed E-state index contributed by atoms with van der Waals surface area (Å²) >= 11 is 0. The molecule has 0 aromatic heterocycles. The van der Waals surface area contributed by atoms with Crippen LogP contribution in [-0.4, -0.2) is 65.2 Å². The van der Waals surface area contributed by atoms with Crippen LogP contribution in [0.2, 0.25) is 0 Å². The van der Waals surface area contributed by atoms with Crippen molar-refractivity contribution in [2.24, 2.45) is 16.3 Å². The van der Waals surface area contributed by atoms with E-state index >= 15 is 0 Å². The van der Waals surface area contributed by atoms with Gasteiger partial charge in [-0.2, -0.15) is 0 Å². The molecule has 1 heterocycles. The lowest BCUT2D eigenvalue weighted by Crippen LogP contribution is -2.39. The van der Waals surface area contributed by atoms with Gasteiger partial charge in [-0.25, -0.2) is 0 Å². The van der Waals surface area contributed by atoms with Crippen LogP contribution in [0, 0.1) is 11.3 Å². The highest BCUT2D eigenvalue weighted by molar-refractivity contribution is 5.79. The van der Waals surface area contributed by atoms with Gasteiger partial charge in [-0.15, -0.1) is 0 Å². The zero-order valence-electron chi connectivity index (χ0n) is 18.3. The number of hydrogen-bond acceptors (Lipinski definition) is 4. The van der Waals surface area contributed by atoms with Crippen molar-refractivity contribution in [1.82, 2.24) is 10.6 Å². The van der Waals surface area contributed by atoms with E-state index < -0.39 is 0 Å². The fourth-order valence-electron chi connectivity index (χ4n) is 4.18. The lowest BCUT2D eigenvalue weighted by atomic mass is 9.83. The van der Waals surface area contributed by atoms with Gasteiger partial charge in [0, 0.05) is 59.3 Å². The molecule has 0 atom stereocenters. The second kappa shape index (κ2) is 14.2. The van der Waals surface area contributed by atoms with E-state index in [1.807, 2.05) is 0 Å². The summed E-state index contributed by atoms with van der Waals surface area (Å²) in [5.74, 6) is 1.62.